The summed E-state index contributed by atoms with van der Waals surface area (Å²) < 4.78 is 4.80. The van der Waals surface area contributed by atoms with Crippen LogP contribution >= 0.6 is 11.8 Å². The van der Waals surface area contributed by atoms with E-state index in [1.54, 1.807) is 24.4 Å². The molecule has 0 radical (unpaired) electrons. The van der Waals surface area contributed by atoms with Crippen molar-refractivity contribution in [3.63, 3.8) is 0 Å². The number of fused-ring (bicyclic) bond motifs is 2. The first-order valence-electron chi connectivity index (χ1n) is 5.70. The maximum atomic E-state index is 12.0. The zero-order chi connectivity index (χ0) is 14.1. The van der Waals surface area contributed by atoms with Gasteiger partial charge in [0.2, 0.25) is 0 Å². The third-order valence-electron chi connectivity index (χ3n) is 2.78. The highest BCUT2D eigenvalue weighted by atomic mass is 32.2. The molecule has 1 aliphatic rings. The van der Waals surface area contributed by atoms with Crippen LogP contribution in [0.25, 0.3) is 0 Å². The SMILES string of the molecule is COC(=O)N1c2cc(C=O)ccc2Sc2nccnc21. The molecule has 1 amide bonds. The molecule has 20 heavy (non-hydrogen) atoms. The van der Waals surface area contributed by atoms with E-state index in [4.69, 9.17) is 4.74 Å². The number of benzene rings is 1. The summed E-state index contributed by atoms with van der Waals surface area (Å²) >= 11 is 1.39. The Morgan fingerprint density at radius 1 is 1.35 bits per heavy atom. The Bertz CT molecular complexity index is 705. The van der Waals surface area contributed by atoms with E-state index in [1.807, 2.05) is 0 Å². The van der Waals surface area contributed by atoms with Crippen molar-refractivity contribution in [1.82, 2.24) is 9.97 Å². The summed E-state index contributed by atoms with van der Waals surface area (Å²) in [6.45, 7) is 0. The minimum absolute atomic E-state index is 0.403. The van der Waals surface area contributed by atoms with Crippen molar-refractivity contribution >= 4 is 35.6 Å². The second-order valence-corrected chi connectivity index (χ2v) is 4.97. The molecule has 0 saturated heterocycles. The Labute approximate surface area is 118 Å². The van der Waals surface area contributed by atoms with E-state index < -0.39 is 6.09 Å². The van der Waals surface area contributed by atoms with Crippen molar-refractivity contribution in [3.8, 4) is 0 Å². The summed E-state index contributed by atoms with van der Waals surface area (Å²) in [5.74, 6) is 0.403. The van der Waals surface area contributed by atoms with Gasteiger partial charge in [0.25, 0.3) is 0 Å². The molecule has 0 unspecified atom stereocenters. The molecular formula is C13H9N3O3S. The van der Waals surface area contributed by atoms with Crippen LogP contribution in [0.1, 0.15) is 10.4 Å². The first-order valence-corrected chi connectivity index (χ1v) is 6.52. The van der Waals surface area contributed by atoms with E-state index >= 15 is 0 Å². The lowest BCUT2D eigenvalue weighted by molar-refractivity contribution is 0.112. The van der Waals surface area contributed by atoms with Crippen molar-refractivity contribution in [3.05, 3.63) is 36.2 Å². The molecule has 2 aromatic rings. The van der Waals surface area contributed by atoms with Crippen LogP contribution in [-0.4, -0.2) is 29.5 Å². The fourth-order valence-corrected chi connectivity index (χ4v) is 2.85. The molecule has 7 heteroatoms. The molecule has 0 saturated carbocycles. The number of hydrogen-bond acceptors (Lipinski definition) is 6. The average Bonchev–Trinajstić information content (AvgIpc) is 2.51. The van der Waals surface area contributed by atoms with Crippen molar-refractivity contribution in [2.45, 2.75) is 9.92 Å². The molecule has 3 rings (SSSR count). The summed E-state index contributed by atoms with van der Waals surface area (Å²) in [4.78, 5) is 33.5. The Hall–Kier alpha value is -2.41. The monoisotopic (exact) mass is 287 g/mol. The second-order valence-electron chi connectivity index (χ2n) is 3.94. The topological polar surface area (TPSA) is 72.4 Å². The Morgan fingerprint density at radius 2 is 2.15 bits per heavy atom. The molecule has 2 heterocycles. The highest BCUT2D eigenvalue weighted by Gasteiger charge is 2.31. The van der Waals surface area contributed by atoms with Crippen molar-refractivity contribution in [2.24, 2.45) is 0 Å². The Balaban J connectivity index is 2.21. The van der Waals surface area contributed by atoms with Gasteiger partial charge < -0.3 is 4.74 Å². The van der Waals surface area contributed by atoms with E-state index in [0.29, 0.717) is 22.1 Å². The zero-order valence-corrected chi connectivity index (χ0v) is 11.3. The highest BCUT2D eigenvalue weighted by molar-refractivity contribution is 7.99. The van der Waals surface area contributed by atoms with Crippen LogP contribution in [0, 0.1) is 0 Å². The van der Waals surface area contributed by atoms with Gasteiger partial charge in [0.1, 0.15) is 11.3 Å². The second kappa shape index (κ2) is 4.93. The number of anilines is 2. The van der Waals surface area contributed by atoms with Crippen LogP contribution < -0.4 is 4.90 Å². The number of nitrogens with zero attached hydrogens (tertiary/aromatic N) is 3. The molecule has 0 fully saturated rings. The molecule has 0 aliphatic carbocycles. The van der Waals surface area contributed by atoms with Crippen LogP contribution in [0.4, 0.5) is 16.3 Å². The summed E-state index contributed by atoms with van der Waals surface area (Å²) in [5.41, 5.74) is 1.05. The first kappa shape index (κ1) is 12.6. The van der Waals surface area contributed by atoms with E-state index in [2.05, 4.69) is 9.97 Å². The molecule has 0 atom stereocenters. The molecule has 1 aromatic heterocycles. The average molecular weight is 287 g/mol. The molecule has 0 N–H and O–H groups in total. The predicted octanol–water partition coefficient (Wildman–Crippen LogP) is 2.66. The maximum absolute atomic E-state index is 12.0. The quantitative estimate of drug-likeness (QED) is 0.751. The van der Waals surface area contributed by atoms with Gasteiger partial charge in [0.15, 0.2) is 5.82 Å². The van der Waals surface area contributed by atoms with Crippen LogP contribution in [0.2, 0.25) is 0 Å². The summed E-state index contributed by atoms with van der Waals surface area (Å²) in [6, 6.07) is 5.09. The van der Waals surface area contributed by atoms with E-state index in [1.165, 1.54) is 30.0 Å². The van der Waals surface area contributed by atoms with Crippen LogP contribution in [0.3, 0.4) is 0 Å². The number of carbonyl (C=O) groups is 2. The van der Waals surface area contributed by atoms with Gasteiger partial charge in [-0.05, 0) is 12.1 Å². The molecule has 1 aliphatic heterocycles. The van der Waals surface area contributed by atoms with Crippen LogP contribution in [0.15, 0.2) is 40.5 Å². The minimum atomic E-state index is -0.573. The summed E-state index contributed by atoms with van der Waals surface area (Å²) in [5, 5.41) is 0.615. The standard InChI is InChI=1S/C13H9N3O3S/c1-19-13(18)16-9-6-8(7-17)2-3-10(9)20-12-11(16)14-4-5-15-12/h2-7H,1H3. The van der Waals surface area contributed by atoms with Gasteiger partial charge >= 0.3 is 6.09 Å². The minimum Gasteiger partial charge on any atom is -0.452 e. The number of rotatable bonds is 1. The lowest BCUT2D eigenvalue weighted by atomic mass is 10.2. The van der Waals surface area contributed by atoms with Gasteiger partial charge in [0, 0.05) is 22.9 Å². The van der Waals surface area contributed by atoms with Crippen molar-refractivity contribution in [2.75, 3.05) is 12.0 Å². The number of amides is 1. The van der Waals surface area contributed by atoms with Gasteiger partial charge in [-0.25, -0.2) is 19.7 Å². The normalized spacial score (nSPS) is 12.3. The van der Waals surface area contributed by atoms with E-state index in [9.17, 15) is 9.59 Å². The largest absolute Gasteiger partial charge is 0.452 e. The molecule has 100 valence electrons. The lowest BCUT2D eigenvalue weighted by Crippen LogP contribution is -2.29. The predicted molar refractivity (Wildman–Crippen MR) is 72.5 cm³/mol. The molecule has 6 nitrogen and oxygen atoms in total. The van der Waals surface area contributed by atoms with Crippen molar-refractivity contribution in [1.29, 1.82) is 0 Å². The fraction of sp³-hybridized carbons (Fsp3) is 0.0769. The molecular weight excluding hydrogens is 278 g/mol. The fourth-order valence-electron chi connectivity index (χ4n) is 1.91. The van der Waals surface area contributed by atoms with E-state index in [-0.39, 0.29) is 0 Å². The number of ether oxygens (including phenoxy) is 1. The van der Waals surface area contributed by atoms with Gasteiger partial charge in [-0.1, -0.05) is 17.8 Å². The number of hydrogen-bond donors (Lipinski definition) is 0. The first-order chi connectivity index (χ1) is 9.74. The Kier molecular flexibility index (Phi) is 3.11. The summed E-state index contributed by atoms with van der Waals surface area (Å²) in [6.07, 6.45) is 3.22. The van der Waals surface area contributed by atoms with Crippen LogP contribution in [-0.2, 0) is 4.74 Å². The molecule has 0 bridgehead atoms. The zero-order valence-electron chi connectivity index (χ0n) is 10.4. The van der Waals surface area contributed by atoms with Gasteiger partial charge in [-0.2, -0.15) is 0 Å². The van der Waals surface area contributed by atoms with Gasteiger partial charge in [-0.15, -0.1) is 0 Å². The molecule has 0 spiro atoms. The van der Waals surface area contributed by atoms with E-state index in [0.717, 1.165) is 11.2 Å². The Morgan fingerprint density at radius 3 is 2.90 bits per heavy atom. The number of aldehydes is 1. The third-order valence-corrected chi connectivity index (χ3v) is 3.83. The lowest BCUT2D eigenvalue weighted by Gasteiger charge is -2.27. The third kappa shape index (κ3) is 1.92. The molecule has 1 aromatic carbocycles. The smallest absolute Gasteiger partial charge is 0.420 e. The van der Waals surface area contributed by atoms with Crippen LogP contribution in [0.5, 0.6) is 0 Å². The maximum Gasteiger partial charge on any atom is 0.420 e. The number of carbonyl (C=O) groups excluding carboxylic acids is 2. The van der Waals surface area contributed by atoms with Crippen molar-refractivity contribution < 1.29 is 14.3 Å². The van der Waals surface area contributed by atoms with Gasteiger partial charge in [0.05, 0.1) is 12.8 Å². The van der Waals surface area contributed by atoms with Gasteiger partial charge in [-0.3, -0.25) is 4.79 Å². The number of aromatic nitrogens is 2. The highest BCUT2D eigenvalue weighted by Crippen LogP contribution is 2.46. The number of methoxy groups -OCH3 is 1. The summed E-state index contributed by atoms with van der Waals surface area (Å²) in [7, 11) is 1.30.